The minimum Gasteiger partial charge on any atom is -0.326 e. The number of amides is 1. The summed E-state index contributed by atoms with van der Waals surface area (Å²) in [5, 5.41) is 2.96. The van der Waals surface area contributed by atoms with Crippen molar-refractivity contribution < 1.29 is 9.59 Å². The second-order valence-corrected chi connectivity index (χ2v) is 5.99. The zero-order chi connectivity index (χ0) is 13.1. The molecule has 0 saturated heterocycles. The van der Waals surface area contributed by atoms with Crippen molar-refractivity contribution in [2.24, 2.45) is 17.3 Å². The lowest BCUT2D eigenvalue weighted by atomic mass is 9.44. The van der Waals surface area contributed by atoms with Crippen LogP contribution in [0.1, 0.15) is 32.3 Å². The number of ketones is 1. The first kappa shape index (κ1) is 11.5. The molecule has 1 aliphatic heterocycles. The van der Waals surface area contributed by atoms with E-state index < -0.39 is 0 Å². The molecular weight excluding hydrogens is 226 g/mol. The van der Waals surface area contributed by atoms with Gasteiger partial charge in [0, 0.05) is 17.5 Å². The number of benzene rings is 1. The molecule has 1 N–H and O–H groups in total. The zero-order valence-electron chi connectivity index (χ0n) is 10.9. The molecule has 1 fully saturated rings. The second-order valence-electron chi connectivity index (χ2n) is 5.99. The Balaban J connectivity index is 2.13. The molecule has 0 aromatic heterocycles. The summed E-state index contributed by atoms with van der Waals surface area (Å²) in [7, 11) is 0. The summed E-state index contributed by atoms with van der Waals surface area (Å²) in [6.45, 7) is 5.68. The number of Topliss-reactive ketones (excluding diaryl/α,β-unsaturated/α-hetero) is 1. The molecule has 1 saturated carbocycles. The van der Waals surface area contributed by atoms with Crippen LogP contribution < -0.4 is 5.32 Å². The highest BCUT2D eigenvalue weighted by Crippen LogP contribution is 2.63. The third-order valence-corrected chi connectivity index (χ3v) is 4.62. The van der Waals surface area contributed by atoms with Crippen LogP contribution in [0.2, 0.25) is 0 Å². The Morgan fingerprint density at radius 3 is 2.61 bits per heavy atom. The minimum absolute atomic E-state index is 0.0466. The van der Waals surface area contributed by atoms with E-state index in [4.69, 9.17) is 0 Å². The molecule has 18 heavy (non-hydrogen) atoms. The van der Waals surface area contributed by atoms with Gasteiger partial charge in [-0.3, -0.25) is 9.59 Å². The largest absolute Gasteiger partial charge is 0.326 e. The third-order valence-electron chi connectivity index (χ3n) is 4.62. The summed E-state index contributed by atoms with van der Waals surface area (Å²) < 4.78 is 0. The Hall–Kier alpha value is -1.64. The van der Waals surface area contributed by atoms with Crippen molar-refractivity contribution in [2.45, 2.75) is 26.7 Å². The van der Waals surface area contributed by atoms with Gasteiger partial charge in [-0.15, -0.1) is 0 Å². The van der Waals surface area contributed by atoms with Crippen molar-refractivity contribution in [1.29, 1.82) is 0 Å². The molecule has 0 radical (unpaired) electrons. The summed E-state index contributed by atoms with van der Waals surface area (Å²) in [6.07, 6.45) is 0. The number of carbonyl (C=O) groups is 2. The molecule has 2 aliphatic rings. The van der Waals surface area contributed by atoms with Gasteiger partial charge in [-0.25, -0.2) is 0 Å². The van der Waals surface area contributed by atoms with Gasteiger partial charge in [-0.2, -0.15) is 0 Å². The number of hydrogen-bond donors (Lipinski definition) is 1. The molecule has 3 rings (SSSR count). The van der Waals surface area contributed by atoms with E-state index in [9.17, 15) is 9.59 Å². The van der Waals surface area contributed by atoms with Gasteiger partial charge in [-0.05, 0) is 24.0 Å². The first-order valence-electron chi connectivity index (χ1n) is 6.35. The molecule has 0 unspecified atom stereocenters. The number of rotatable bonds is 1. The minimum atomic E-state index is -0.242. The summed E-state index contributed by atoms with van der Waals surface area (Å²) in [5.74, 6) is 0.172. The fraction of sp³-hybridized carbons (Fsp3) is 0.467. The highest BCUT2D eigenvalue weighted by molar-refractivity contribution is 6.00. The van der Waals surface area contributed by atoms with Crippen LogP contribution in [-0.4, -0.2) is 11.7 Å². The van der Waals surface area contributed by atoms with Crippen LogP contribution in [0, 0.1) is 17.3 Å². The lowest BCUT2D eigenvalue weighted by molar-refractivity contribution is -0.151. The van der Waals surface area contributed by atoms with Crippen LogP contribution in [0.3, 0.4) is 0 Å². The van der Waals surface area contributed by atoms with Crippen LogP contribution in [0.4, 0.5) is 5.69 Å². The normalized spacial score (nSPS) is 31.7. The lowest BCUT2D eigenvalue weighted by Gasteiger charge is -2.58. The van der Waals surface area contributed by atoms with Crippen molar-refractivity contribution in [3.05, 3.63) is 29.8 Å². The van der Waals surface area contributed by atoms with E-state index >= 15 is 0 Å². The van der Waals surface area contributed by atoms with Crippen molar-refractivity contribution in [3.63, 3.8) is 0 Å². The topological polar surface area (TPSA) is 46.2 Å². The Morgan fingerprint density at radius 2 is 1.94 bits per heavy atom. The van der Waals surface area contributed by atoms with Gasteiger partial charge in [0.25, 0.3) is 0 Å². The van der Waals surface area contributed by atoms with Crippen LogP contribution in [0.5, 0.6) is 0 Å². The molecule has 1 aliphatic carbocycles. The molecule has 0 spiro atoms. The van der Waals surface area contributed by atoms with E-state index in [0.717, 1.165) is 11.3 Å². The van der Waals surface area contributed by atoms with Crippen LogP contribution in [0.15, 0.2) is 24.3 Å². The smallest absolute Gasteiger partial charge is 0.228 e. The first-order valence-corrected chi connectivity index (χ1v) is 6.35. The monoisotopic (exact) mass is 243 g/mol. The maximum Gasteiger partial charge on any atom is 0.228 e. The van der Waals surface area contributed by atoms with E-state index in [1.807, 2.05) is 38.1 Å². The maximum atomic E-state index is 12.2. The molecule has 1 aromatic rings. The highest BCUT2D eigenvalue weighted by atomic mass is 16.2. The Bertz CT molecular complexity index is 547. The summed E-state index contributed by atoms with van der Waals surface area (Å²) in [6, 6.07) is 7.81. The molecule has 1 aromatic carbocycles. The van der Waals surface area contributed by atoms with Gasteiger partial charge >= 0.3 is 0 Å². The molecule has 1 amide bonds. The molecule has 3 heteroatoms. The number of anilines is 1. The van der Waals surface area contributed by atoms with Gasteiger partial charge in [0.1, 0.15) is 5.78 Å². The maximum absolute atomic E-state index is 12.2. The van der Waals surface area contributed by atoms with E-state index in [-0.39, 0.29) is 34.9 Å². The van der Waals surface area contributed by atoms with Crippen molar-refractivity contribution >= 4 is 17.4 Å². The molecule has 0 bridgehead atoms. The van der Waals surface area contributed by atoms with E-state index in [0.29, 0.717) is 0 Å². The summed E-state index contributed by atoms with van der Waals surface area (Å²) >= 11 is 0. The van der Waals surface area contributed by atoms with Gasteiger partial charge in [0.2, 0.25) is 5.91 Å². The molecule has 3 nitrogen and oxygen atoms in total. The van der Waals surface area contributed by atoms with Crippen LogP contribution in [0.25, 0.3) is 0 Å². The fourth-order valence-electron chi connectivity index (χ4n) is 3.94. The van der Waals surface area contributed by atoms with Crippen LogP contribution >= 0.6 is 0 Å². The van der Waals surface area contributed by atoms with E-state index in [2.05, 4.69) is 5.32 Å². The predicted molar refractivity (Wildman–Crippen MR) is 69.3 cm³/mol. The SMILES string of the molecule is CC(=O)[C@H]1[C@@H]2c3ccccc3NC(=O)[C@@H]2C1(C)C. The van der Waals surface area contributed by atoms with Gasteiger partial charge in [0.15, 0.2) is 0 Å². The quantitative estimate of drug-likeness (QED) is 0.824. The number of carbonyl (C=O) groups excluding carboxylic acids is 2. The molecule has 3 atom stereocenters. The number of fused-ring (bicyclic) bond motifs is 3. The van der Waals surface area contributed by atoms with E-state index in [1.165, 1.54) is 0 Å². The summed E-state index contributed by atoms with van der Waals surface area (Å²) in [5.41, 5.74) is 1.74. The van der Waals surface area contributed by atoms with Gasteiger partial charge < -0.3 is 5.32 Å². The Labute approximate surface area is 107 Å². The van der Waals surface area contributed by atoms with Crippen molar-refractivity contribution in [2.75, 3.05) is 5.32 Å². The Morgan fingerprint density at radius 1 is 1.28 bits per heavy atom. The summed E-state index contributed by atoms with van der Waals surface area (Å²) in [4.78, 5) is 24.1. The molecule has 1 heterocycles. The third kappa shape index (κ3) is 1.25. The van der Waals surface area contributed by atoms with Gasteiger partial charge in [-0.1, -0.05) is 32.0 Å². The predicted octanol–water partition coefficient (Wildman–Crippen LogP) is 2.58. The Kier molecular flexibility index (Phi) is 2.19. The molecular formula is C15H17NO2. The van der Waals surface area contributed by atoms with Gasteiger partial charge in [0.05, 0.1) is 5.92 Å². The molecule has 94 valence electrons. The number of nitrogens with one attached hydrogen (secondary N) is 1. The standard InChI is InChI=1S/C15H17NO2/c1-8(17)12-11-9-6-4-5-7-10(9)16-14(18)13(11)15(12,2)3/h4-7,11-13H,1-3H3,(H,16,18)/t11-,12-,13+/m0/s1. The van der Waals surface area contributed by atoms with Crippen LogP contribution in [-0.2, 0) is 9.59 Å². The second kappa shape index (κ2) is 3.44. The average molecular weight is 243 g/mol. The first-order chi connectivity index (χ1) is 8.44. The average Bonchev–Trinajstić information content (AvgIpc) is 2.26. The van der Waals surface area contributed by atoms with E-state index in [1.54, 1.807) is 6.92 Å². The zero-order valence-corrected chi connectivity index (χ0v) is 10.9. The fourth-order valence-corrected chi connectivity index (χ4v) is 3.94. The number of hydrogen-bond acceptors (Lipinski definition) is 2. The number of para-hydroxylation sites is 1. The highest BCUT2D eigenvalue weighted by Gasteiger charge is 2.63. The van der Waals surface area contributed by atoms with Crippen molar-refractivity contribution in [1.82, 2.24) is 0 Å². The van der Waals surface area contributed by atoms with Crippen molar-refractivity contribution in [3.8, 4) is 0 Å². The lowest BCUT2D eigenvalue weighted by Crippen LogP contribution is -2.60.